The Balaban J connectivity index is 2.30. The number of hydrogen-bond donors (Lipinski definition) is 1. The Kier molecular flexibility index (Phi) is 5.88. The zero-order valence-corrected chi connectivity index (χ0v) is 13.7. The maximum absolute atomic E-state index is 13.2. The van der Waals surface area contributed by atoms with Crippen LogP contribution >= 0.6 is 34.8 Å². The Morgan fingerprint density at radius 1 is 1.10 bits per heavy atom. The van der Waals surface area contributed by atoms with Gasteiger partial charge in [-0.2, -0.15) is 0 Å². The van der Waals surface area contributed by atoms with Crippen molar-refractivity contribution in [3.63, 3.8) is 0 Å². The lowest BCUT2D eigenvalue weighted by Gasteiger charge is -2.20. The molecule has 5 heteroatoms. The molecule has 0 bridgehead atoms. The molecule has 112 valence electrons. The van der Waals surface area contributed by atoms with Crippen LogP contribution in [0.25, 0.3) is 0 Å². The lowest BCUT2D eigenvalue weighted by molar-refractivity contribution is 0.549. The summed E-state index contributed by atoms with van der Waals surface area (Å²) in [5.41, 5.74) is 1.86. The summed E-state index contributed by atoms with van der Waals surface area (Å²) in [5.74, 6) is -0.416. The molecular formula is C16H15Cl3FN. The molecule has 0 fully saturated rings. The molecule has 2 rings (SSSR count). The van der Waals surface area contributed by atoms with Crippen LogP contribution in [0.15, 0.2) is 36.4 Å². The van der Waals surface area contributed by atoms with Gasteiger partial charge >= 0.3 is 0 Å². The van der Waals surface area contributed by atoms with Crippen LogP contribution in [0.5, 0.6) is 0 Å². The molecule has 0 aliphatic rings. The second kappa shape index (κ2) is 7.46. The number of likely N-dealkylation sites (N-methyl/N-ethyl adjacent to an activating group) is 1. The second-order valence-electron chi connectivity index (χ2n) is 4.71. The first-order valence-electron chi connectivity index (χ1n) is 6.64. The predicted octanol–water partition coefficient (Wildman–Crippen LogP) is 5.68. The molecule has 0 heterocycles. The molecule has 1 N–H and O–H groups in total. The van der Waals surface area contributed by atoms with Gasteiger partial charge in [0, 0.05) is 6.04 Å². The molecule has 2 aromatic carbocycles. The maximum Gasteiger partial charge on any atom is 0.141 e. The van der Waals surface area contributed by atoms with Crippen molar-refractivity contribution in [3.8, 4) is 0 Å². The monoisotopic (exact) mass is 345 g/mol. The topological polar surface area (TPSA) is 12.0 Å². The first-order valence-corrected chi connectivity index (χ1v) is 7.77. The number of rotatable bonds is 5. The smallest absolute Gasteiger partial charge is 0.141 e. The van der Waals surface area contributed by atoms with Gasteiger partial charge < -0.3 is 5.32 Å². The van der Waals surface area contributed by atoms with Crippen LogP contribution < -0.4 is 5.32 Å². The fraction of sp³-hybridized carbons (Fsp3) is 0.250. The lowest BCUT2D eigenvalue weighted by atomic mass is 9.98. The van der Waals surface area contributed by atoms with Crippen molar-refractivity contribution < 1.29 is 4.39 Å². The van der Waals surface area contributed by atoms with Crippen molar-refractivity contribution in [1.29, 1.82) is 0 Å². The molecule has 0 aliphatic carbocycles. The molecule has 1 unspecified atom stereocenters. The minimum absolute atomic E-state index is 0.0114. The molecule has 0 aliphatic heterocycles. The van der Waals surface area contributed by atoms with Crippen LogP contribution in [0.2, 0.25) is 15.1 Å². The van der Waals surface area contributed by atoms with Gasteiger partial charge in [0.05, 0.1) is 15.1 Å². The minimum Gasteiger partial charge on any atom is -0.310 e. The Morgan fingerprint density at radius 3 is 2.52 bits per heavy atom. The van der Waals surface area contributed by atoms with E-state index >= 15 is 0 Å². The van der Waals surface area contributed by atoms with Gasteiger partial charge in [-0.25, -0.2) is 4.39 Å². The Hall–Kier alpha value is -0.800. The van der Waals surface area contributed by atoms with Crippen molar-refractivity contribution in [2.45, 2.75) is 19.4 Å². The first kappa shape index (κ1) is 16.6. The SMILES string of the molecule is CCNC(Cc1ccc(F)c(Cl)c1)c1cccc(Cl)c1Cl. The Morgan fingerprint density at radius 2 is 1.86 bits per heavy atom. The Bertz CT molecular complexity index is 631. The van der Waals surface area contributed by atoms with Gasteiger partial charge in [0.1, 0.15) is 5.82 Å². The molecule has 21 heavy (non-hydrogen) atoms. The van der Waals surface area contributed by atoms with E-state index in [0.717, 1.165) is 17.7 Å². The zero-order valence-electron chi connectivity index (χ0n) is 11.5. The number of benzene rings is 2. The van der Waals surface area contributed by atoms with Crippen LogP contribution in [0, 0.1) is 5.82 Å². The summed E-state index contributed by atoms with van der Waals surface area (Å²) in [6.45, 7) is 2.80. The zero-order chi connectivity index (χ0) is 15.4. The van der Waals surface area contributed by atoms with E-state index in [1.807, 2.05) is 19.1 Å². The van der Waals surface area contributed by atoms with Gasteiger partial charge in [0.25, 0.3) is 0 Å². The van der Waals surface area contributed by atoms with Gasteiger partial charge in [-0.05, 0) is 42.3 Å². The van der Waals surface area contributed by atoms with E-state index in [9.17, 15) is 4.39 Å². The number of halogens is 4. The minimum atomic E-state index is -0.416. The average Bonchev–Trinajstić information content (AvgIpc) is 2.45. The molecule has 0 radical (unpaired) electrons. The molecule has 0 saturated heterocycles. The summed E-state index contributed by atoms with van der Waals surface area (Å²) in [6.07, 6.45) is 0.647. The summed E-state index contributed by atoms with van der Waals surface area (Å²) >= 11 is 18.2. The van der Waals surface area contributed by atoms with Crippen LogP contribution in [0.1, 0.15) is 24.1 Å². The summed E-state index contributed by atoms with van der Waals surface area (Å²) < 4.78 is 13.2. The lowest BCUT2D eigenvalue weighted by Crippen LogP contribution is -2.23. The van der Waals surface area contributed by atoms with Gasteiger partial charge in [-0.3, -0.25) is 0 Å². The molecule has 0 amide bonds. The van der Waals surface area contributed by atoms with E-state index in [2.05, 4.69) is 5.32 Å². The summed E-state index contributed by atoms with van der Waals surface area (Å²) in [5, 5.41) is 4.56. The predicted molar refractivity (Wildman–Crippen MR) is 88.0 cm³/mol. The van der Waals surface area contributed by atoms with Crippen molar-refractivity contribution in [1.82, 2.24) is 5.32 Å². The largest absolute Gasteiger partial charge is 0.310 e. The van der Waals surface area contributed by atoms with E-state index in [1.54, 1.807) is 18.2 Å². The second-order valence-corrected chi connectivity index (χ2v) is 5.90. The summed E-state index contributed by atoms with van der Waals surface area (Å²) in [7, 11) is 0. The molecule has 0 spiro atoms. The summed E-state index contributed by atoms with van der Waals surface area (Å²) in [6, 6.07) is 10.3. The van der Waals surface area contributed by atoms with Crippen LogP contribution in [0.3, 0.4) is 0 Å². The van der Waals surface area contributed by atoms with Crippen molar-refractivity contribution in [2.75, 3.05) is 6.54 Å². The number of nitrogens with one attached hydrogen (secondary N) is 1. The van der Waals surface area contributed by atoms with E-state index in [4.69, 9.17) is 34.8 Å². The highest BCUT2D eigenvalue weighted by Crippen LogP contribution is 2.32. The maximum atomic E-state index is 13.2. The van der Waals surface area contributed by atoms with E-state index < -0.39 is 5.82 Å². The van der Waals surface area contributed by atoms with Gasteiger partial charge in [0.2, 0.25) is 0 Å². The fourth-order valence-electron chi connectivity index (χ4n) is 2.23. The third-order valence-electron chi connectivity index (χ3n) is 3.23. The Labute approximate surface area is 139 Å². The summed E-state index contributed by atoms with van der Waals surface area (Å²) in [4.78, 5) is 0. The standard InChI is InChI=1S/C16H15Cl3FN/c1-2-21-15(11-4-3-5-12(17)16(11)19)9-10-6-7-14(20)13(18)8-10/h3-8,15,21H,2,9H2,1H3. The van der Waals surface area contributed by atoms with Crippen molar-refractivity contribution in [3.05, 3.63) is 68.4 Å². The molecule has 0 aromatic heterocycles. The molecular weight excluding hydrogens is 332 g/mol. The average molecular weight is 347 g/mol. The van der Waals surface area contributed by atoms with Crippen LogP contribution in [-0.2, 0) is 6.42 Å². The van der Waals surface area contributed by atoms with Crippen molar-refractivity contribution >= 4 is 34.8 Å². The van der Waals surface area contributed by atoms with Crippen LogP contribution in [0.4, 0.5) is 4.39 Å². The van der Waals surface area contributed by atoms with Gasteiger partial charge in [-0.1, -0.05) is 59.9 Å². The highest BCUT2D eigenvalue weighted by molar-refractivity contribution is 6.42. The fourth-order valence-corrected chi connectivity index (χ4v) is 2.87. The van der Waals surface area contributed by atoms with Gasteiger partial charge in [0.15, 0.2) is 0 Å². The highest BCUT2D eigenvalue weighted by Gasteiger charge is 2.16. The third-order valence-corrected chi connectivity index (χ3v) is 4.35. The third kappa shape index (κ3) is 4.10. The van der Waals surface area contributed by atoms with E-state index in [0.29, 0.717) is 16.5 Å². The normalized spacial score (nSPS) is 12.4. The quantitative estimate of drug-likeness (QED) is 0.734. The van der Waals surface area contributed by atoms with E-state index in [1.165, 1.54) is 6.07 Å². The molecule has 0 saturated carbocycles. The van der Waals surface area contributed by atoms with Gasteiger partial charge in [-0.15, -0.1) is 0 Å². The van der Waals surface area contributed by atoms with Crippen molar-refractivity contribution in [2.24, 2.45) is 0 Å². The molecule has 1 atom stereocenters. The molecule has 2 aromatic rings. The number of hydrogen-bond acceptors (Lipinski definition) is 1. The molecule has 1 nitrogen and oxygen atoms in total. The van der Waals surface area contributed by atoms with Crippen LogP contribution in [-0.4, -0.2) is 6.54 Å². The van der Waals surface area contributed by atoms with E-state index in [-0.39, 0.29) is 11.1 Å². The highest BCUT2D eigenvalue weighted by atomic mass is 35.5. The first-order chi connectivity index (χ1) is 10.0.